The first-order valence-electron chi connectivity index (χ1n) is 5.63. The highest BCUT2D eigenvalue weighted by molar-refractivity contribution is 6.30. The van der Waals surface area contributed by atoms with E-state index in [4.69, 9.17) is 11.6 Å². The van der Waals surface area contributed by atoms with Gasteiger partial charge < -0.3 is 15.2 Å². The first-order chi connectivity index (χ1) is 10.0. The number of aliphatic hydroxyl groups is 1. The molecule has 1 amide bonds. The van der Waals surface area contributed by atoms with E-state index in [-0.39, 0.29) is 5.02 Å². The molecule has 5 nitrogen and oxygen atoms in total. The molecule has 0 aliphatic carbocycles. The molecule has 0 radical (unpaired) electrons. The van der Waals surface area contributed by atoms with E-state index in [2.05, 4.69) is 4.74 Å². The number of halogens is 5. The molecule has 122 valence electrons. The second-order valence-electron chi connectivity index (χ2n) is 4.20. The van der Waals surface area contributed by atoms with Crippen molar-refractivity contribution < 1.29 is 37.0 Å². The maximum Gasteiger partial charge on any atom is 0.428 e. The van der Waals surface area contributed by atoms with Crippen LogP contribution in [0.25, 0.3) is 0 Å². The maximum absolute atomic E-state index is 13.4. The number of ether oxygens (including phenoxy) is 1. The average Bonchev–Trinajstić information content (AvgIpc) is 2.39. The summed E-state index contributed by atoms with van der Waals surface area (Å²) in [6, 6.07) is 3.03. The van der Waals surface area contributed by atoms with Gasteiger partial charge in [-0.1, -0.05) is 11.6 Å². The normalized spacial score (nSPS) is 14.1. The van der Waals surface area contributed by atoms with Gasteiger partial charge in [-0.25, -0.2) is 9.18 Å². The molecule has 0 bridgehead atoms. The molecule has 0 aliphatic rings. The maximum atomic E-state index is 13.4. The van der Waals surface area contributed by atoms with Crippen molar-refractivity contribution in [2.75, 3.05) is 12.4 Å². The van der Waals surface area contributed by atoms with Crippen molar-refractivity contribution in [3.63, 3.8) is 0 Å². The zero-order valence-electron chi connectivity index (χ0n) is 11.0. The van der Waals surface area contributed by atoms with Crippen LogP contribution in [0.15, 0.2) is 18.2 Å². The van der Waals surface area contributed by atoms with Gasteiger partial charge in [0.2, 0.25) is 5.91 Å². The van der Waals surface area contributed by atoms with Gasteiger partial charge >= 0.3 is 12.1 Å². The van der Waals surface area contributed by atoms with Gasteiger partial charge in [-0.15, -0.1) is 0 Å². The minimum Gasteiger partial charge on any atom is -0.467 e. The molecule has 1 rings (SSSR count). The van der Waals surface area contributed by atoms with Gasteiger partial charge in [-0.2, -0.15) is 13.2 Å². The predicted molar refractivity (Wildman–Crippen MR) is 67.7 cm³/mol. The van der Waals surface area contributed by atoms with E-state index in [0.717, 1.165) is 12.1 Å². The van der Waals surface area contributed by atoms with E-state index in [9.17, 15) is 32.3 Å². The number of methoxy groups -OCH3 is 1. The Hall–Kier alpha value is -1.87. The Morgan fingerprint density at radius 1 is 1.36 bits per heavy atom. The van der Waals surface area contributed by atoms with Gasteiger partial charge in [0.15, 0.2) is 0 Å². The van der Waals surface area contributed by atoms with Crippen molar-refractivity contribution in [1.82, 2.24) is 0 Å². The van der Waals surface area contributed by atoms with E-state index in [1.807, 2.05) is 0 Å². The molecule has 0 unspecified atom stereocenters. The number of hydrogen-bond acceptors (Lipinski definition) is 4. The standard InChI is InChI=1S/C12H10ClF4NO4/c1-22-10(20)11(21,12(15,16)17)5-9(19)18-8-3-2-6(13)4-7(8)14/h2-4,21H,5H2,1H3,(H,18,19)/t11-/m0/s1. The fourth-order valence-corrected chi connectivity index (χ4v) is 1.63. The van der Waals surface area contributed by atoms with Gasteiger partial charge in [0.25, 0.3) is 5.60 Å². The lowest BCUT2D eigenvalue weighted by atomic mass is 9.98. The van der Waals surface area contributed by atoms with Gasteiger partial charge in [0, 0.05) is 5.02 Å². The quantitative estimate of drug-likeness (QED) is 0.649. The van der Waals surface area contributed by atoms with Crippen LogP contribution in [0.3, 0.4) is 0 Å². The lowest BCUT2D eigenvalue weighted by Gasteiger charge is -2.26. The molecule has 10 heteroatoms. The number of alkyl halides is 3. The SMILES string of the molecule is COC(=O)[C@@](O)(CC(=O)Nc1ccc(Cl)cc1F)C(F)(F)F. The van der Waals surface area contributed by atoms with Gasteiger partial charge in [0.05, 0.1) is 19.2 Å². The smallest absolute Gasteiger partial charge is 0.428 e. The third kappa shape index (κ3) is 3.86. The van der Waals surface area contributed by atoms with Crippen LogP contribution in [0, 0.1) is 5.82 Å². The van der Waals surface area contributed by atoms with Crippen molar-refractivity contribution in [3.8, 4) is 0 Å². The summed E-state index contributed by atoms with van der Waals surface area (Å²) in [5.74, 6) is -4.48. The zero-order chi connectivity index (χ0) is 17.1. The highest BCUT2D eigenvalue weighted by Crippen LogP contribution is 2.34. The second-order valence-corrected chi connectivity index (χ2v) is 4.64. The number of esters is 1. The predicted octanol–water partition coefficient (Wildman–Crippen LogP) is 2.27. The zero-order valence-corrected chi connectivity index (χ0v) is 11.8. The van der Waals surface area contributed by atoms with Crippen LogP contribution in [0.4, 0.5) is 23.2 Å². The van der Waals surface area contributed by atoms with E-state index >= 15 is 0 Å². The Labute approximate surface area is 126 Å². The number of anilines is 1. The van der Waals surface area contributed by atoms with E-state index in [1.165, 1.54) is 6.07 Å². The Bertz CT molecular complexity index is 593. The molecule has 0 fully saturated rings. The number of nitrogens with one attached hydrogen (secondary N) is 1. The summed E-state index contributed by atoms with van der Waals surface area (Å²) in [4.78, 5) is 22.7. The minimum absolute atomic E-state index is 0.0110. The third-order valence-corrected chi connectivity index (χ3v) is 2.85. The van der Waals surface area contributed by atoms with E-state index in [0.29, 0.717) is 7.11 Å². The van der Waals surface area contributed by atoms with Gasteiger partial charge in [-0.3, -0.25) is 4.79 Å². The van der Waals surface area contributed by atoms with Crippen LogP contribution in [-0.4, -0.2) is 35.9 Å². The number of amides is 1. The lowest BCUT2D eigenvalue weighted by Crippen LogP contribution is -2.54. The Morgan fingerprint density at radius 3 is 2.41 bits per heavy atom. The molecule has 0 spiro atoms. The summed E-state index contributed by atoms with van der Waals surface area (Å²) in [5.41, 5.74) is -4.49. The number of carbonyl (C=O) groups is 2. The monoisotopic (exact) mass is 343 g/mol. The second kappa shape index (κ2) is 6.49. The largest absolute Gasteiger partial charge is 0.467 e. The van der Waals surface area contributed by atoms with Gasteiger partial charge in [-0.05, 0) is 18.2 Å². The van der Waals surface area contributed by atoms with Crippen molar-refractivity contribution in [3.05, 3.63) is 29.0 Å². The lowest BCUT2D eigenvalue weighted by molar-refractivity contribution is -0.261. The Morgan fingerprint density at radius 2 is 1.95 bits per heavy atom. The molecule has 2 N–H and O–H groups in total. The molecule has 0 saturated carbocycles. The number of benzene rings is 1. The van der Waals surface area contributed by atoms with E-state index < -0.39 is 41.6 Å². The van der Waals surface area contributed by atoms with Crippen molar-refractivity contribution in [2.24, 2.45) is 0 Å². The van der Waals surface area contributed by atoms with E-state index in [1.54, 1.807) is 5.32 Å². The first kappa shape index (κ1) is 18.2. The fraction of sp³-hybridized carbons (Fsp3) is 0.333. The molecule has 0 aliphatic heterocycles. The minimum atomic E-state index is -5.45. The van der Waals surface area contributed by atoms with Crippen molar-refractivity contribution >= 4 is 29.2 Å². The third-order valence-electron chi connectivity index (χ3n) is 2.61. The van der Waals surface area contributed by atoms with Crippen LogP contribution in [0.1, 0.15) is 6.42 Å². The Kier molecular flexibility index (Phi) is 5.36. The number of hydrogen-bond donors (Lipinski definition) is 2. The molecule has 1 atom stereocenters. The van der Waals surface area contributed by atoms with Crippen LogP contribution < -0.4 is 5.32 Å². The average molecular weight is 344 g/mol. The molecule has 1 aromatic carbocycles. The molecule has 1 aromatic rings. The van der Waals surface area contributed by atoms with Crippen LogP contribution in [0.5, 0.6) is 0 Å². The first-order valence-corrected chi connectivity index (χ1v) is 6.01. The van der Waals surface area contributed by atoms with Crippen molar-refractivity contribution in [1.29, 1.82) is 0 Å². The Balaban J connectivity index is 2.95. The summed E-state index contributed by atoms with van der Waals surface area (Å²) in [5, 5.41) is 11.2. The summed E-state index contributed by atoms with van der Waals surface area (Å²) in [7, 11) is 0.621. The molecule has 0 saturated heterocycles. The number of rotatable bonds is 4. The van der Waals surface area contributed by atoms with Crippen molar-refractivity contribution in [2.45, 2.75) is 18.2 Å². The summed E-state index contributed by atoms with van der Waals surface area (Å²) in [6.45, 7) is 0. The molecular weight excluding hydrogens is 334 g/mol. The highest BCUT2D eigenvalue weighted by Gasteiger charge is 2.61. The number of carbonyl (C=O) groups excluding carboxylic acids is 2. The van der Waals surface area contributed by atoms with Crippen LogP contribution in [0.2, 0.25) is 5.02 Å². The van der Waals surface area contributed by atoms with Gasteiger partial charge in [0.1, 0.15) is 5.82 Å². The van der Waals surface area contributed by atoms with Crippen LogP contribution in [-0.2, 0) is 14.3 Å². The fourth-order valence-electron chi connectivity index (χ4n) is 1.47. The summed E-state index contributed by atoms with van der Waals surface area (Å²) < 4.78 is 55.5. The molecule has 22 heavy (non-hydrogen) atoms. The van der Waals surface area contributed by atoms with Crippen LogP contribution >= 0.6 is 11.6 Å². The molecular formula is C12H10ClF4NO4. The summed E-state index contributed by atoms with van der Waals surface area (Å²) >= 11 is 5.48. The summed E-state index contributed by atoms with van der Waals surface area (Å²) in [6.07, 6.45) is -7.14. The molecule has 0 heterocycles. The highest BCUT2D eigenvalue weighted by atomic mass is 35.5. The topological polar surface area (TPSA) is 75.6 Å². The molecule has 0 aromatic heterocycles.